The number of hydrogen-bond donors (Lipinski definition) is 0. The Morgan fingerprint density at radius 1 is 1.18 bits per heavy atom. The Morgan fingerprint density at radius 3 is 3.00 bits per heavy atom. The van der Waals surface area contributed by atoms with Gasteiger partial charge >= 0.3 is 0 Å². The van der Waals surface area contributed by atoms with Gasteiger partial charge < -0.3 is 4.74 Å². The Morgan fingerprint density at radius 2 is 2.18 bits per heavy atom. The number of pyridine rings is 1. The normalized spacial score (nSPS) is 28.5. The van der Waals surface area contributed by atoms with Crippen LogP contribution < -0.4 is 0 Å². The van der Waals surface area contributed by atoms with Gasteiger partial charge in [0.2, 0.25) is 0 Å². The lowest BCUT2D eigenvalue weighted by Crippen LogP contribution is -2.41. The third-order valence-electron chi connectivity index (χ3n) is 4.68. The molecule has 2 aromatic heterocycles. The van der Waals surface area contributed by atoms with Crippen LogP contribution >= 0.6 is 0 Å². The summed E-state index contributed by atoms with van der Waals surface area (Å²) >= 11 is 0. The zero-order chi connectivity index (χ0) is 14.8. The average Bonchev–Trinajstić information content (AvgIpc) is 3.00. The second-order valence-corrected chi connectivity index (χ2v) is 6.14. The van der Waals surface area contributed by atoms with E-state index in [2.05, 4.69) is 25.9 Å². The highest BCUT2D eigenvalue weighted by atomic mass is 16.5. The van der Waals surface area contributed by atoms with Crippen LogP contribution in [0.4, 0.5) is 0 Å². The van der Waals surface area contributed by atoms with Crippen LogP contribution in [0, 0.1) is 5.92 Å². The Hall–Kier alpha value is -1.85. The molecule has 0 spiro atoms. The maximum Gasteiger partial charge on any atom is 0.115 e. The summed E-state index contributed by atoms with van der Waals surface area (Å²) in [4.78, 5) is 15.2. The molecule has 0 amide bonds. The topological polar surface area (TPSA) is 51.1 Å². The third-order valence-corrected chi connectivity index (χ3v) is 4.68. The van der Waals surface area contributed by atoms with Crippen molar-refractivity contribution in [1.82, 2.24) is 19.9 Å². The minimum atomic E-state index is 0.132. The van der Waals surface area contributed by atoms with E-state index in [0.717, 1.165) is 37.4 Å². The largest absolute Gasteiger partial charge is 0.367 e. The van der Waals surface area contributed by atoms with Crippen molar-refractivity contribution in [2.45, 2.75) is 31.6 Å². The number of ether oxygens (including phenoxy) is 1. The van der Waals surface area contributed by atoms with Gasteiger partial charge in [0.15, 0.2) is 0 Å². The molecule has 0 radical (unpaired) electrons. The van der Waals surface area contributed by atoms with Gasteiger partial charge in [0.05, 0.1) is 17.5 Å². The van der Waals surface area contributed by atoms with E-state index in [1.165, 1.54) is 6.42 Å². The predicted molar refractivity (Wildman–Crippen MR) is 81.9 cm³/mol. The van der Waals surface area contributed by atoms with Gasteiger partial charge in [-0.15, -0.1) is 0 Å². The van der Waals surface area contributed by atoms with E-state index < -0.39 is 0 Å². The number of fused-ring (bicyclic) bond motifs is 1. The molecule has 2 aromatic rings. The van der Waals surface area contributed by atoms with Gasteiger partial charge in [-0.3, -0.25) is 9.88 Å². The summed E-state index contributed by atoms with van der Waals surface area (Å²) in [7, 11) is 0. The molecule has 4 rings (SSSR count). The Labute approximate surface area is 130 Å². The number of aromatic nitrogens is 3. The molecule has 22 heavy (non-hydrogen) atoms. The predicted octanol–water partition coefficient (Wildman–Crippen LogP) is 2.22. The number of likely N-dealkylation sites (tertiary alicyclic amines) is 1. The molecule has 3 atom stereocenters. The molecule has 5 nitrogen and oxygen atoms in total. The van der Waals surface area contributed by atoms with Crippen LogP contribution in [-0.4, -0.2) is 39.0 Å². The van der Waals surface area contributed by atoms with E-state index >= 15 is 0 Å². The molecular weight excluding hydrogens is 276 g/mol. The molecule has 0 bridgehead atoms. The van der Waals surface area contributed by atoms with E-state index in [1.54, 1.807) is 12.5 Å². The second kappa shape index (κ2) is 6.10. The number of rotatable bonds is 3. The van der Waals surface area contributed by atoms with Crippen LogP contribution in [0.25, 0.3) is 0 Å². The summed E-state index contributed by atoms with van der Waals surface area (Å²) in [5, 5.41) is 0. The molecule has 4 heterocycles. The molecule has 2 aliphatic rings. The summed E-state index contributed by atoms with van der Waals surface area (Å²) in [5.74, 6) is 0.653. The van der Waals surface area contributed by atoms with Gasteiger partial charge in [0, 0.05) is 25.5 Å². The van der Waals surface area contributed by atoms with E-state index in [-0.39, 0.29) is 6.10 Å². The monoisotopic (exact) mass is 296 g/mol. The average molecular weight is 296 g/mol. The molecule has 0 saturated carbocycles. The van der Waals surface area contributed by atoms with E-state index in [9.17, 15) is 0 Å². The van der Waals surface area contributed by atoms with Crippen LogP contribution in [0.1, 0.15) is 30.3 Å². The molecule has 114 valence electrons. The molecule has 0 aliphatic carbocycles. The highest BCUT2D eigenvalue weighted by Gasteiger charge is 2.40. The quantitative estimate of drug-likeness (QED) is 0.869. The lowest BCUT2D eigenvalue weighted by atomic mass is 9.91. The van der Waals surface area contributed by atoms with Crippen molar-refractivity contribution < 1.29 is 4.74 Å². The fourth-order valence-electron chi connectivity index (χ4n) is 3.54. The first kappa shape index (κ1) is 13.8. The smallest absolute Gasteiger partial charge is 0.115 e. The van der Waals surface area contributed by atoms with Gasteiger partial charge in [0.1, 0.15) is 12.4 Å². The van der Waals surface area contributed by atoms with E-state index in [0.29, 0.717) is 12.0 Å². The minimum absolute atomic E-state index is 0.132. The second-order valence-electron chi connectivity index (χ2n) is 6.14. The van der Waals surface area contributed by atoms with Crippen molar-refractivity contribution in [3.63, 3.8) is 0 Å². The fraction of sp³-hybridized carbons (Fsp3) is 0.471. The molecular formula is C17H20N4O. The zero-order valence-electron chi connectivity index (χ0n) is 12.5. The van der Waals surface area contributed by atoms with Crippen molar-refractivity contribution in [2.75, 3.05) is 13.1 Å². The highest BCUT2D eigenvalue weighted by Crippen LogP contribution is 2.40. The van der Waals surface area contributed by atoms with Crippen molar-refractivity contribution in [2.24, 2.45) is 5.92 Å². The first-order valence-electron chi connectivity index (χ1n) is 7.92. The van der Waals surface area contributed by atoms with Gasteiger partial charge in [0.25, 0.3) is 0 Å². The first-order valence-corrected chi connectivity index (χ1v) is 7.92. The summed E-state index contributed by atoms with van der Waals surface area (Å²) in [5.41, 5.74) is 2.15. The lowest BCUT2D eigenvalue weighted by molar-refractivity contribution is -0.0109. The van der Waals surface area contributed by atoms with Crippen molar-refractivity contribution >= 4 is 0 Å². The molecule has 2 fully saturated rings. The van der Waals surface area contributed by atoms with Gasteiger partial charge in [-0.05, 0) is 43.5 Å². The molecule has 5 heteroatoms. The Bertz CT molecular complexity index is 607. The summed E-state index contributed by atoms with van der Waals surface area (Å²) in [6.07, 6.45) is 7.98. The summed E-state index contributed by atoms with van der Waals surface area (Å²) < 4.78 is 6.27. The minimum Gasteiger partial charge on any atom is -0.367 e. The molecule has 0 N–H and O–H groups in total. The van der Waals surface area contributed by atoms with Crippen molar-refractivity contribution in [1.29, 1.82) is 0 Å². The number of piperidine rings is 1. The standard InChI is InChI=1S/C17H20N4O/c1-2-6-19-14(3-1)10-21-8-5-13-9-16(22-17(13)11-21)15-4-7-18-12-20-15/h1-4,6-7,12-13,16-17H,5,8-11H2/t13-,16+,17+/m1/s1. The third kappa shape index (κ3) is 2.87. The van der Waals surface area contributed by atoms with Crippen LogP contribution in [0.2, 0.25) is 0 Å². The van der Waals surface area contributed by atoms with Gasteiger partial charge in [-0.25, -0.2) is 9.97 Å². The van der Waals surface area contributed by atoms with Gasteiger partial charge in [-0.2, -0.15) is 0 Å². The Kier molecular flexibility index (Phi) is 3.83. The molecule has 0 unspecified atom stereocenters. The van der Waals surface area contributed by atoms with Gasteiger partial charge in [-0.1, -0.05) is 6.07 Å². The highest BCUT2D eigenvalue weighted by molar-refractivity contribution is 5.07. The first-order chi connectivity index (χ1) is 10.9. The maximum absolute atomic E-state index is 6.27. The molecule has 2 aliphatic heterocycles. The van der Waals surface area contributed by atoms with Crippen LogP contribution in [0.3, 0.4) is 0 Å². The van der Waals surface area contributed by atoms with Crippen LogP contribution in [0.15, 0.2) is 43.0 Å². The SMILES string of the molecule is c1ccc(CN2CC[C@@H]3C[C@@H](c4ccncn4)O[C@H]3C2)nc1. The number of nitrogens with zero attached hydrogens (tertiary/aromatic N) is 4. The number of hydrogen-bond acceptors (Lipinski definition) is 5. The van der Waals surface area contributed by atoms with Crippen molar-refractivity contribution in [3.05, 3.63) is 54.4 Å². The maximum atomic E-state index is 6.27. The summed E-state index contributed by atoms with van der Waals surface area (Å²) in [6, 6.07) is 8.06. The van der Waals surface area contributed by atoms with E-state index in [4.69, 9.17) is 4.74 Å². The van der Waals surface area contributed by atoms with Crippen LogP contribution in [0.5, 0.6) is 0 Å². The van der Waals surface area contributed by atoms with E-state index in [1.807, 2.05) is 24.4 Å². The van der Waals surface area contributed by atoms with Crippen LogP contribution in [-0.2, 0) is 11.3 Å². The Balaban J connectivity index is 1.39. The lowest BCUT2D eigenvalue weighted by Gasteiger charge is -2.33. The summed E-state index contributed by atoms with van der Waals surface area (Å²) in [6.45, 7) is 3.02. The molecule has 0 aromatic carbocycles. The fourth-order valence-corrected chi connectivity index (χ4v) is 3.54. The zero-order valence-corrected chi connectivity index (χ0v) is 12.5. The van der Waals surface area contributed by atoms with Crippen molar-refractivity contribution in [3.8, 4) is 0 Å². The molecule has 2 saturated heterocycles.